The van der Waals surface area contributed by atoms with Gasteiger partial charge in [-0.1, -0.05) is 0 Å². The molecule has 2 fully saturated rings. The monoisotopic (exact) mass is 355 g/mol. The van der Waals surface area contributed by atoms with Gasteiger partial charge in [0.25, 0.3) is 0 Å². The van der Waals surface area contributed by atoms with Crippen LogP contribution in [0.25, 0.3) is 0 Å². The van der Waals surface area contributed by atoms with Crippen LogP contribution in [-0.4, -0.2) is 44.9 Å². The standard InChI is InChI=1S/C16H22FN3O3S/c1-10-6-12(17)4-5-15(10)24(22,23)19-7-16(21)20-8-13(11-2-3-11)14(18)9-20/h4-6,11,13-14,19H,2-3,7-9,18H2,1H3. The molecule has 1 aromatic rings. The number of nitrogens with two attached hydrogens (primary N) is 1. The molecule has 0 radical (unpaired) electrons. The molecule has 3 rings (SSSR count). The Morgan fingerprint density at radius 1 is 1.38 bits per heavy atom. The fourth-order valence-electron chi connectivity index (χ4n) is 3.34. The summed E-state index contributed by atoms with van der Waals surface area (Å²) >= 11 is 0. The lowest BCUT2D eigenvalue weighted by molar-refractivity contribution is -0.129. The van der Waals surface area contributed by atoms with Crippen molar-refractivity contribution in [1.82, 2.24) is 9.62 Å². The molecule has 2 aliphatic rings. The van der Waals surface area contributed by atoms with E-state index >= 15 is 0 Å². The summed E-state index contributed by atoms with van der Waals surface area (Å²) in [5, 5.41) is 0. The van der Waals surface area contributed by atoms with Gasteiger partial charge in [-0.3, -0.25) is 4.79 Å². The molecule has 1 aliphatic heterocycles. The maximum Gasteiger partial charge on any atom is 0.241 e. The molecule has 1 saturated carbocycles. The highest BCUT2D eigenvalue weighted by Gasteiger charge is 2.42. The van der Waals surface area contributed by atoms with Crippen molar-refractivity contribution in [3.63, 3.8) is 0 Å². The number of sulfonamides is 1. The quantitative estimate of drug-likeness (QED) is 0.809. The number of amides is 1. The fraction of sp³-hybridized carbons (Fsp3) is 0.562. The lowest BCUT2D eigenvalue weighted by atomic mass is 9.99. The van der Waals surface area contributed by atoms with Crippen molar-refractivity contribution in [2.45, 2.75) is 30.7 Å². The molecule has 6 nitrogen and oxygen atoms in total. The number of halogens is 1. The van der Waals surface area contributed by atoms with Crippen LogP contribution < -0.4 is 10.5 Å². The minimum Gasteiger partial charge on any atom is -0.340 e. The topological polar surface area (TPSA) is 92.5 Å². The Balaban J connectivity index is 1.61. The Kier molecular flexibility index (Phi) is 4.63. The highest BCUT2D eigenvalue weighted by atomic mass is 32.2. The Hall–Kier alpha value is -1.51. The van der Waals surface area contributed by atoms with Gasteiger partial charge in [-0.25, -0.2) is 17.5 Å². The van der Waals surface area contributed by atoms with E-state index in [4.69, 9.17) is 5.73 Å². The molecule has 1 heterocycles. The largest absolute Gasteiger partial charge is 0.340 e. The SMILES string of the molecule is Cc1cc(F)ccc1S(=O)(=O)NCC(=O)N1CC(N)C(C2CC2)C1. The third-order valence-electron chi connectivity index (χ3n) is 4.83. The van der Waals surface area contributed by atoms with E-state index in [0.717, 1.165) is 25.0 Å². The van der Waals surface area contributed by atoms with Gasteiger partial charge in [-0.15, -0.1) is 0 Å². The molecule has 0 spiro atoms. The molecule has 2 unspecified atom stereocenters. The number of carbonyl (C=O) groups excluding carboxylic acids is 1. The molecule has 0 aromatic heterocycles. The summed E-state index contributed by atoms with van der Waals surface area (Å²) < 4.78 is 40.0. The first-order valence-corrected chi connectivity index (χ1v) is 9.55. The van der Waals surface area contributed by atoms with Gasteiger partial charge >= 0.3 is 0 Å². The zero-order valence-electron chi connectivity index (χ0n) is 13.5. The minimum atomic E-state index is -3.86. The van der Waals surface area contributed by atoms with Gasteiger partial charge in [-0.05, 0) is 55.4 Å². The molecule has 2 atom stereocenters. The predicted octanol–water partition coefficient (Wildman–Crippen LogP) is 0.608. The highest BCUT2D eigenvalue weighted by molar-refractivity contribution is 7.89. The van der Waals surface area contributed by atoms with Crippen LogP contribution in [0.5, 0.6) is 0 Å². The van der Waals surface area contributed by atoms with Crippen molar-refractivity contribution < 1.29 is 17.6 Å². The van der Waals surface area contributed by atoms with E-state index in [9.17, 15) is 17.6 Å². The molecule has 1 aromatic carbocycles. The smallest absolute Gasteiger partial charge is 0.241 e. The van der Waals surface area contributed by atoms with Crippen molar-refractivity contribution in [2.24, 2.45) is 17.6 Å². The first-order chi connectivity index (χ1) is 11.3. The van der Waals surface area contributed by atoms with E-state index in [1.165, 1.54) is 13.0 Å². The van der Waals surface area contributed by atoms with Gasteiger partial charge in [0.1, 0.15) is 5.82 Å². The van der Waals surface area contributed by atoms with Gasteiger partial charge in [-0.2, -0.15) is 0 Å². The van der Waals surface area contributed by atoms with Gasteiger partial charge in [0, 0.05) is 19.1 Å². The van der Waals surface area contributed by atoms with E-state index in [2.05, 4.69) is 4.72 Å². The second-order valence-electron chi connectivity index (χ2n) is 6.70. The predicted molar refractivity (Wildman–Crippen MR) is 87.1 cm³/mol. The first-order valence-electron chi connectivity index (χ1n) is 8.07. The molecule has 1 amide bonds. The molecule has 24 heavy (non-hydrogen) atoms. The Labute approximate surface area is 141 Å². The van der Waals surface area contributed by atoms with Gasteiger partial charge in [0.05, 0.1) is 11.4 Å². The van der Waals surface area contributed by atoms with Crippen LogP contribution >= 0.6 is 0 Å². The van der Waals surface area contributed by atoms with Gasteiger partial charge in [0.15, 0.2) is 0 Å². The number of aryl methyl sites for hydroxylation is 1. The summed E-state index contributed by atoms with van der Waals surface area (Å²) in [5.41, 5.74) is 6.39. The Morgan fingerprint density at radius 3 is 2.71 bits per heavy atom. The number of carbonyl (C=O) groups is 1. The molecular weight excluding hydrogens is 333 g/mol. The lowest BCUT2D eigenvalue weighted by Crippen LogP contribution is -2.40. The maximum absolute atomic E-state index is 13.1. The van der Waals surface area contributed by atoms with E-state index < -0.39 is 15.8 Å². The fourth-order valence-corrected chi connectivity index (χ4v) is 4.54. The summed E-state index contributed by atoms with van der Waals surface area (Å²) in [7, 11) is -3.86. The number of hydrogen-bond acceptors (Lipinski definition) is 4. The summed E-state index contributed by atoms with van der Waals surface area (Å²) in [5.74, 6) is 0.151. The summed E-state index contributed by atoms with van der Waals surface area (Å²) in [6.07, 6.45) is 2.33. The van der Waals surface area contributed by atoms with Crippen molar-refractivity contribution in [1.29, 1.82) is 0 Å². The molecule has 0 bridgehead atoms. The summed E-state index contributed by atoms with van der Waals surface area (Å²) in [6.45, 7) is 2.27. The number of likely N-dealkylation sites (tertiary alicyclic amines) is 1. The van der Waals surface area contributed by atoms with Crippen molar-refractivity contribution in [3.05, 3.63) is 29.6 Å². The minimum absolute atomic E-state index is 0.0225. The maximum atomic E-state index is 13.1. The van der Waals surface area contributed by atoms with E-state index in [0.29, 0.717) is 30.5 Å². The summed E-state index contributed by atoms with van der Waals surface area (Å²) in [4.78, 5) is 13.9. The van der Waals surface area contributed by atoms with Crippen molar-refractivity contribution >= 4 is 15.9 Å². The van der Waals surface area contributed by atoms with Crippen LogP contribution in [0.15, 0.2) is 23.1 Å². The first kappa shape index (κ1) is 17.3. The van der Waals surface area contributed by atoms with E-state index in [1.807, 2.05) is 0 Å². The number of hydrogen-bond donors (Lipinski definition) is 2. The second kappa shape index (κ2) is 6.42. The van der Waals surface area contributed by atoms with E-state index in [-0.39, 0.29) is 23.4 Å². The van der Waals surface area contributed by atoms with Crippen LogP contribution in [0.3, 0.4) is 0 Å². The van der Waals surface area contributed by atoms with Crippen LogP contribution in [0, 0.1) is 24.6 Å². The Bertz CT molecular complexity index is 749. The number of rotatable bonds is 5. The Morgan fingerprint density at radius 2 is 2.08 bits per heavy atom. The van der Waals surface area contributed by atoms with E-state index in [1.54, 1.807) is 4.90 Å². The highest BCUT2D eigenvalue weighted by Crippen LogP contribution is 2.40. The average molecular weight is 355 g/mol. The number of benzene rings is 1. The van der Waals surface area contributed by atoms with Crippen molar-refractivity contribution in [2.75, 3.05) is 19.6 Å². The average Bonchev–Trinajstić information content (AvgIpc) is 3.27. The van der Waals surface area contributed by atoms with Crippen LogP contribution in [0.4, 0.5) is 4.39 Å². The third-order valence-corrected chi connectivity index (χ3v) is 6.39. The van der Waals surface area contributed by atoms with Crippen LogP contribution in [-0.2, 0) is 14.8 Å². The second-order valence-corrected chi connectivity index (χ2v) is 8.43. The lowest BCUT2D eigenvalue weighted by Gasteiger charge is -2.17. The molecule has 8 heteroatoms. The molecule has 3 N–H and O–H groups in total. The number of nitrogens with zero attached hydrogens (tertiary/aromatic N) is 1. The zero-order valence-corrected chi connectivity index (χ0v) is 14.4. The molecular formula is C16H22FN3O3S. The molecule has 1 aliphatic carbocycles. The van der Waals surface area contributed by atoms with Gasteiger partial charge < -0.3 is 10.6 Å². The van der Waals surface area contributed by atoms with Crippen LogP contribution in [0.2, 0.25) is 0 Å². The number of nitrogens with one attached hydrogen (secondary N) is 1. The molecule has 1 saturated heterocycles. The molecule has 132 valence electrons. The summed E-state index contributed by atoms with van der Waals surface area (Å²) in [6, 6.07) is 3.41. The van der Waals surface area contributed by atoms with Crippen LogP contribution in [0.1, 0.15) is 18.4 Å². The zero-order chi connectivity index (χ0) is 17.5. The van der Waals surface area contributed by atoms with Crippen molar-refractivity contribution in [3.8, 4) is 0 Å². The third kappa shape index (κ3) is 3.60. The van der Waals surface area contributed by atoms with Gasteiger partial charge in [0.2, 0.25) is 15.9 Å². The normalized spacial score (nSPS) is 24.4.